The fraction of sp³-hybridized carbons (Fsp3) is 0.500. The summed E-state index contributed by atoms with van der Waals surface area (Å²) in [6.45, 7) is 0.266. The van der Waals surface area contributed by atoms with E-state index in [1.54, 1.807) is 0 Å². The third-order valence-electron chi connectivity index (χ3n) is 3.09. The number of halogens is 3. The lowest BCUT2D eigenvalue weighted by molar-refractivity contribution is -0.142. The van der Waals surface area contributed by atoms with Crippen LogP contribution in [0.2, 0.25) is 0 Å². The third-order valence-corrected chi connectivity index (χ3v) is 3.09. The molecule has 0 unspecified atom stereocenters. The van der Waals surface area contributed by atoms with Crippen LogP contribution in [-0.2, 0) is 30.9 Å². The van der Waals surface area contributed by atoms with Gasteiger partial charge in [0, 0.05) is 24.2 Å². The minimum absolute atomic E-state index is 0.325. The summed E-state index contributed by atoms with van der Waals surface area (Å²) in [5.41, 5.74) is 1.60. The van der Waals surface area contributed by atoms with Crippen molar-refractivity contribution in [2.24, 2.45) is 0 Å². The Morgan fingerprint density at radius 3 is 3.05 bits per heavy atom. The molecule has 1 N–H and O–H groups in total. The number of rotatable bonds is 4. The molecule has 21 heavy (non-hydrogen) atoms. The molecule has 114 valence electrons. The number of ether oxygens (including phenoxy) is 1. The molecule has 2 aromatic heterocycles. The molecule has 9 heteroatoms. The molecule has 3 rings (SSSR count). The Hall–Kier alpha value is -2.03. The van der Waals surface area contributed by atoms with Crippen molar-refractivity contribution in [2.45, 2.75) is 32.3 Å². The monoisotopic (exact) mass is 302 g/mol. The predicted molar refractivity (Wildman–Crippen MR) is 65.5 cm³/mol. The summed E-state index contributed by atoms with van der Waals surface area (Å²) in [7, 11) is 0. The Bertz CT molecular complexity index is 620. The molecule has 1 aliphatic rings. The summed E-state index contributed by atoms with van der Waals surface area (Å²) < 4.78 is 48.1. The summed E-state index contributed by atoms with van der Waals surface area (Å²) in [6.07, 6.45) is -2.33. The SMILES string of the molecule is FC(F)(F)Cn1ccc(NCc2noc3c2COCC3)n1. The Kier molecular flexibility index (Phi) is 3.58. The molecule has 0 atom stereocenters. The van der Waals surface area contributed by atoms with Crippen molar-refractivity contribution in [3.05, 3.63) is 29.3 Å². The van der Waals surface area contributed by atoms with Crippen molar-refractivity contribution in [3.63, 3.8) is 0 Å². The Labute approximate surface area is 117 Å². The molecule has 1 aliphatic heterocycles. The van der Waals surface area contributed by atoms with Gasteiger partial charge >= 0.3 is 6.18 Å². The standard InChI is InChI=1S/C12H13F3N4O2/c13-12(14,15)7-19-3-1-11(17-19)16-5-9-8-6-20-4-2-10(8)21-18-9/h1,3H,2,4-7H2,(H,16,17). The number of fused-ring (bicyclic) bond motifs is 1. The van der Waals surface area contributed by atoms with Crippen LogP contribution in [0.1, 0.15) is 17.0 Å². The van der Waals surface area contributed by atoms with E-state index in [-0.39, 0.29) is 0 Å². The van der Waals surface area contributed by atoms with Crippen LogP contribution in [0.15, 0.2) is 16.8 Å². The predicted octanol–water partition coefficient (Wildman–Crippen LogP) is 2.12. The van der Waals surface area contributed by atoms with Gasteiger partial charge in [0.25, 0.3) is 0 Å². The van der Waals surface area contributed by atoms with Gasteiger partial charge in [-0.3, -0.25) is 4.68 Å². The van der Waals surface area contributed by atoms with E-state index in [1.165, 1.54) is 12.3 Å². The van der Waals surface area contributed by atoms with Crippen LogP contribution < -0.4 is 5.32 Å². The average Bonchev–Trinajstić information content (AvgIpc) is 3.01. The molecule has 0 fully saturated rings. The van der Waals surface area contributed by atoms with Gasteiger partial charge in [-0.2, -0.15) is 18.3 Å². The molecule has 0 radical (unpaired) electrons. The van der Waals surface area contributed by atoms with Crippen LogP contribution in [0, 0.1) is 0 Å². The molecular weight excluding hydrogens is 289 g/mol. The highest BCUT2D eigenvalue weighted by atomic mass is 19.4. The molecule has 0 aliphatic carbocycles. The highest BCUT2D eigenvalue weighted by Crippen LogP contribution is 2.21. The van der Waals surface area contributed by atoms with Gasteiger partial charge in [-0.15, -0.1) is 0 Å². The maximum absolute atomic E-state index is 12.2. The topological polar surface area (TPSA) is 65.1 Å². The summed E-state index contributed by atoms with van der Waals surface area (Å²) in [4.78, 5) is 0. The lowest BCUT2D eigenvalue weighted by Crippen LogP contribution is -2.18. The molecular formula is C12H13F3N4O2. The summed E-state index contributed by atoms with van der Waals surface area (Å²) >= 11 is 0. The highest BCUT2D eigenvalue weighted by molar-refractivity contribution is 5.34. The Balaban J connectivity index is 1.62. The number of aromatic nitrogens is 3. The minimum Gasteiger partial charge on any atom is -0.376 e. The fourth-order valence-corrected chi connectivity index (χ4v) is 2.12. The Morgan fingerprint density at radius 2 is 2.24 bits per heavy atom. The van der Waals surface area contributed by atoms with Crippen LogP contribution in [0.3, 0.4) is 0 Å². The van der Waals surface area contributed by atoms with E-state index in [1.807, 2.05) is 0 Å². The maximum atomic E-state index is 12.2. The van der Waals surface area contributed by atoms with Crippen molar-refractivity contribution in [1.29, 1.82) is 0 Å². The fourth-order valence-electron chi connectivity index (χ4n) is 2.12. The number of hydrogen-bond donors (Lipinski definition) is 1. The van der Waals surface area contributed by atoms with E-state index in [9.17, 15) is 13.2 Å². The summed E-state index contributed by atoms with van der Waals surface area (Å²) in [5, 5.41) is 10.7. The van der Waals surface area contributed by atoms with Gasteiger partial charge in [0.1, 0.15) is 23.8 Å². The van der Waals surface area contributed by atoms with Crippen LogP contribution in [0.5, 0.6) is 0 Å². The molecule has 0 saturated carbocycles. The number of nitrogens with one attached hydrogen (secondary N) is 1. The van der Waals surface area contributed by atoms with Crippen molar-refractivity contribution in [2.75, 3.05) is 11.9 Å². The smallest absolute Gasteiger partial charge is 0.376 e. The second kappa shape index (κ2) is 5.40. The second-order valence-electron chi connectivity index (χ2n) is 4.70. The van der Waals surface area contributed by atoms with Crippen LogP contribution >= 0.6 is 0 Å². The molecule has 0 saturated heterocycles. The lowest BCUT2D eigenvalue weighted by atomic mass is 10.1. The molecule has 0 spiro atoms. The van der Waals surface area contributed by atoms with Crippen molar-refractivity contribution in [1.82, 2.24) is 14.9 Å². The van der Waals surface area contributed by atoms with Gasteiger partial charge in [-0.05, 0) is 0 Å². The molecule has 0 amide bonds. The minimum atomic E-state index is -4.29. The highest BCUT2D eigenvalue weighted by Gasteiger charge is 2.28. The zero-order chi connectivity index (χ0) is 14.9. The average molecular weight is 302 g/mol. The molecule has 3 heterocycles. The van der Waals surface area contributed by atoms with Crippen LogP contribution in [0.25, 0.3) is 0 Å². The zero-order valence-electron chi connectivity index (χ0n) is 11.0. The first-order chi connectivity index (χ1) is 10.0. The van der Waals surface area contributed by atoms with E-state index in [4.69, 9.17) is 9.26 Å². The van der Waals surface area contributed by atoms with Gasteiger partial charge in [0.15, 0.2) is 0 Å². The second-order valence-corrected chi connectivity index (χ2v) is 4.70. The van der Waals surface area contributed by atoms with Crippen LogP contribution in [-0.4, -0.2) is 27.7 Å². The van der Waals surface area contributed by atoms with Crippen LogP contribution in [0.4, 0.5) is 19.0 Å². The van der Waals surface area contributed by atoms with E-state index < -0.39 is 12.7 Å². The molecule has 6 nitrogen and oxygen atoms in total. The third kappa shape index (κ3) is 3.35. The first-order valence-corrected chi connectivity index (χ1v) is 6.39. The van der Waals surface area contributed by atoms with Gasteiger partial charge in [0.05, 0.1) is 19.8 Å². The van der Waals surface area contributed by atoms with Gasteiger partial charge in [-0.1, -0.05) is 5.16 Å². The Morgan fingerprint density at radius 1 is 1.38 bits per heavy atom. The zero-order valence-corrected chi connectivity index (χ0v) is 11.0. The number of nitrogens with zero attached hydrogens (tertiary/aromatic N) is 3. The van der Waals surface area contributed by atoms with Crippen molar-refractivity contribution < 1.29 is 22.4 Å². The van der Waals surface area contributed by atoms with Gasteiger partial charge in [0.2, 0.25) is 0 Å². The van der Waals surface area contributed by atoms with E-state index in [0.29, 0.717) is 37.7 Å². The number of alkyl halides is 3. The van der Waals surface area contributed by atoms with Gasteiger partial charge in [-0.25, -0.2) is 0 Å². The number of anilines is 1. The first-order valence-electron chi connectivity index (χ1n) is 6.39. The number of hydrogen-bond acceptors (Lipinski definition) is 5. The molecule has 2 aromatic rings. The van der Waals surface area contributed by atoms with Crippen molar-refractivity contribution in [3.8, 4) is 0 Å². The van der Waals surface area contributed by atoms with E-state index in [2.05, 4.69) is 15.6 Å². The maximum Gasteiger partial charge on any atom is 0.408 e. The largest absolute Gasteiger partial charge is 0.408 e. The summed E-state index contributed by atoms with van der Waals surface area (Å²) in [6, 6.07) is 1.48. The lowest BCUT2D eigenvalue weighted by Gasteiger charge is -2.10. The van der Waals surface area contributed by atoms with Gasteiger partial charge < -0.3 is 14.6 Å². The normalized spacial score (nSPS) is 15.0. The summed E-state index contributed by atoms with van der Waals surface area (Å²) in [5.74, 6) is 1.16. The molecule has 0 aromatic carbocycles. The quantitative estimate of drug-likeness (QED) is 0.937. The first kappa shape index (κ1) is 13.9. The van der Waals surface area contributed by atoms with Crippen molar-refractivity contribution >= 4 is 5.82 Å². The van der Waals surface area contributed by atoms with E-state index in [0.717, 1.165) is 16.0 Å². The molecule has 0 bridgehead atoms. The van der Waals surface area contributed by atoms with E-state index >= 15 is 0 Å².